The summed E-state index contributed by atoms with van der Waals surface area (Å²) in [4.78, 5) is 11.1. The van der Waals surface area contributed by atoms with Gasteiger partial charge >= 0.3 is 5.97 Å². The van der Waals surface area contributed by atoms with Crippen molar-refractivity contribution in [3.63, 3.8) is 0 Å². The van der Waals surface area contributed by atoms with Gasteiger partial charge in [-0.15, -0.1) is 0 Å². The molecule has 0 spiro atoms. The molecule has 0 bridgehead atoms. The van der Waals surface area contributed by atoms with Crippen LogP contribution >= 0.6 is 15.9 Å². The highest BCUT2D eigenvalue weighted by Gasteiger charge is 1.98. The Morgan fingerprint density at radius 3 is 3.00 bits per heavy atom. The molecule has 0 aliphatic carbocycles. The van der Waals surface area contributed by atoms with Crippen molar-refractivity contribution in [2.75, 3.05) is 12.3 Å². The Morgan fingerprint density at radius 2 is 2.33 bits per heavy atom. The average molecular weight is 270 g/mol. The molecule has 0 unspecified atom stereocenters. The van der Waals surface area contributed by atoms with Crippen molar-refractivity contribution in [2.45, 2.75) is 6.92 Å². The molecule has 3 nitrogen and oxygen atoms in total. The van der Waals surface area contributed by atoms with Crippen LogP contribution in [0.4, 0.5) is 5.69 Å². The van der Waals surface area contributed by atoms with Gasteiger partial charge in [-0.05, 0) is 36.8 Å². The number of carbonyl (C=O) groups is 1. The molecule has 2 N–H and O–H groups in total. The van der Waals surface area contributed by atoms with Crippen LogP contribution in [0.5, 0.6) is 0 Å². The van der Waals surface area contributed by atoms with Crippen LogP contribution in [0.25, 0.3) is 6.08 Å². The zero-order valence-electron chi connectivity index (χ0n) is 8.37. The molecule has 0 aliphatic rings. The second-order valence-electron chi connectivity index (χ2n) is 2.86. The van der Waals surface area contributed by atoms with Crippen molar-refractivity contribution >= 4 is 33.7 Å². The maximum atomic E-state index is 11.1. The molecule has 80 valence electrons. The summed E-state index contributed by atoms with van der Waals surface area (Å²) in [7, 11) is 0. The lowest BCUT2D eigenvalue weighted by Gasteiger charge is -2.00. The van der Waals surface area contributed by atoms with Crippen LogP contribution in [-0.2, 0) is 9.53 Å². The Morgan fingerprint density at radius 1 is 1.60 bits per heavy atom. The smallest absolute Gasteiger partial charge is 0.330 e. The summed E-state index contributed by atoms with van der Waals surface area (Å²) in [5.41, 5.74) is 7.14. The molecule has 4 heteroatoms. The van der Waals surface area contributed by atoms with Gasteiger partial charge in [-0.25, -0.2) is 4.79 Å². The molecule has 15 heavy (non-hydrogen) atoms. The Balaban J connectivity index is 2.79. The number of hydrogen-bond acceptors (Lipinski definition) is 3. The Bertz CT molecular complexity index is 388. The summed E-state index contributed by atoms with van der Waals surface area (Å²) in [6, 6.07) is 5.46. The molecule has 0 aromatic heterocycles. The fourth-order valence-corrected chi connectivity index (χ4v) is 1.42. The second-order valence-corrected chi connectivity index (χ2v) is 3.77. The number of nitrogens with two attached hydrogens (primary N) is 1. The van der Waals surface area contributed by atoms with Gasteiger partial charge in [0.1, 0.15) is 0 Å². The Kier molecular flexibility index (Phi) is 4.37. The lowest BCUT2D eigenvalue weighted by molar-refractivity contribution is -0.137. The van der Waals surface area contributed by atoms with Crippen LogP contribution in [0.15, 0.2) is 28.7 Å². The van der Waals surface area contributed by atoms with Gasteiger partial charge in [-0.3, -0.25) is 0 Å². The van der Waals surface area contributed by atoms with Crippen molar-refractivity contribution < 1.29 is 9.53 Å². The maximum absolute atomic E-state index is 11.1. The van der Waals surface area contributed by atoms with E-state index in [0.717, 1.165) is 10.0 Å². The molecule has 1 aromatic carbocycles. The predicted molar refractivity (Wildman–Crippen MR) is 64.2 cm³/mol. The maximum Gasteiger partial charge on any atom is 0.330 e. The Hall–Kier alpha value is -1.29. The standard InChI is InChI=1S/C11H12BrNO2/c1-2-15-11(14)6-3-8-7-9(12)4-5-10(8)13/h3-7H,2,13H2,1H3. The number of halogens is 1. The van der Waals surface area contributed by atoms with E-state index in [9.17, 15) is 4.79 Å². The number of ether oxygens (including phenoxy) is 1. The van der Waals surface area contributed by atoms with Crippen molar-refractivity contribution in [2.24, 2.45) is 0 Å². The molecule has 0 saturated carbocycles. The van der Waals surface area contributed by atoms with Crippen molar-refractivity contribution in [3.8, 4) is 0 Å². The topological polar surface area (TPSA) is 52.3 Å². The van der Waals surface area contributed by atoms with Crippen molar-refractivity contribution in [1.29, 1.82) is 0 Å². The monoisotopic (exact) mass is 269 g/mol. The quantitative estimate of drug-likeness (QED) is 0.522. The zero-order valence-corrected chi connectivity index (χ0v) is 9.95. The Labute approximate surface area is 97.0 Å². The second kappa shape index (κ2) is 5.56. The molecule has 0 fully saturated rings. The van der Waals surface area contributed by atoms with E-state index in [1.54, 1.807) is 19.1 Å². The minimum atomic E-state index is -0.364. The fraction of sp³-hybridized carbons (Fsp3) is 0.182. The van der Waals surface area contributed by atoms with Gasteiger partial charge in [0.25, 0.3) is 0 Å². The van der Waals surface area contributed by atoms with Crippen molar-refractivity contribution in [1.82, 2.24) is 0 Å². The summed E-state index contributed by atoms with van der Waals surface area (Å²) in [5, 5.41) is 0. The summed E-state index contributed by atoms with van der Waals surface area (Å²) in [6.45, 7) is 2.14. The van der Waals surface area contributed by atoms with Gasteiger partial charge in [-0.1, -0.05) is 15.9 Å². The average Bonchev–Trinajstić information content (AvgIpc) is 2.20. The highest BCUT2D eigenvalue weighted by Crippen LogP contribution is 2.19. The van der Waals surface area contributed by atoms with Crippen LogP contribution in [0.2, 0.25) is 0 Å². The van der Waals surface area contributed by atoms with Gasteiger partial charge in [0.15, 0.2) is 0 Å². The molecule has 0 atom stereocenters. The van der Waals surface area contributed by atoms with Gasteiger partial charge in [0, 0.05) is 16.2 Å². The zero-order chi connectivity index (χ0) is 11.3. The van der Waals surface area contributed by atoms with Crippen LogP contribution in [0, 0.1) is 0 Å². The predicted octanol–water partition coefficient (Wildman–Crippen LogP) is 2.61. The van der Waals surface area contributed by atoms with E-state index < -0.39 is 0 Å². The van der Waals surface area contributed by atoms with Crippen LogP contribution in [-0.4, -0.2) is 12.6 Å². The number of rotatable bonds is 3. The number of nitrogen functional groups attached to an aromatic ring is 1. The first-order valence-electron chi connectivity index (χ1n) is 4.53. The first-order valence-corrected chi connectivity index (χ1v) is 5.32. The fourth-order valence-electron chi connectivity index (χ4n) is 1.04. The lowest BCUT2D eigenvalue weighted by atomic mass is 10.2. The van der Waals surface area contributed by atoms with Crippen LogP contribution < -0.4 is 5.73 Å². The first-order chi connectivity index (χ1) is 7.13. The van der Waals surface area contributed by atoms with E-state index in [1.165, 1.54) is 6.08 Å². The first kappa shape index (κ1) is 11.8. The molecule has 0 amide bonds. The highest BCUT2D eigenvalue weighted by atomic mass is 79.9. The highest BCUT2D eigenvalue weighted by molar-refractivity contribution is 9.10. The van der Waals surface area contributed by atoms with Gasteiger partial charge in [0.05, 0.1) is 6.61 Å². The third kappa shape index (κ3) is 3.75. The number of esters is 1. The van der Waals surface area contributed by atoms with E-state index in [1.807, 2.05) is 12.1 Å². The SMILES string of the molecule is CCOC(=O)C=Cc1cc(Br)ccc1N. The molecule has 0 aliphatic heterocycles. The summed E-state index contributed by atoms with van der Waals surface area (Å²) < 4.78 is 5.67. The number of anilines is 1. The minimum Gasteiger partial charge on any atom is -0.463 e. The largest absolute Gasteiger partial charge is 0.463 e. The summed E-state index contributed by atoms with van der Waals surface area (Å²) in [6.07, 6.45) is 3.00. The van der Waals surface area contributed by atoms with Crippen LogP contribution in [0.3, 0.4) is 0 Å². The van der Waals surface area contributed by atoms with E-state index in [0.29, 0.717) is 12.3 Å². The van der Waals surface area contributed by atoms with E-state index in [4.69, 9.17) is 10.5 Å². The third-order valence-corrected chi connectivity index (χ3v) is 2.23. The number of hydrogen-bond donors (Lipinski definition) is 1. The normalized spacial score (nSPS) is 10.5. The number of benzene rings is 1. The third-order valence-electron chi connectivity index (χ3n) is 1.73. The van der Waals surface area contributed by atoms with Crippen molar-refractivity contribution in [3.05, 3.63) is 34.3 Å². The molecule has 1 rings (SSSR count). The summed E-state index contributed by atoms with van der Waals surface area (Å²) >= 11 is 3.33. The van der Waals surface area contributed by atoms with E-state index >= 15 is 0 Å². The van der Waals surface area contributed by atoms with Gasteiger partial charge in [-0.2, -0.15) is 0 Å². The lowest BCUT2D eigenvalue weighted by Crippen LogP contribution is -1.99. The number of carbonyl (C=O) groups excluding carboxylic acids is 1. The molecular formula is C11H12BrNO2. The molecular weight excluding hydrogens is 258 g/mol. The molecule has 0 heterocycles. The molecule has 0 radical (unpaired) electrons. The van der Waals surface area contributed by atoms with E-state index in [2.05, 4.69) is 15.9 Å². The molecule has 0 saturated heterocycles. The van der Waals surface area contributed by atoms with Gasteiger partial charge < -0.3 is 10.5 Å². The molecule has 1 aromatic rings. The minimum absolute atomic E-state index is 0.364. The van der Waals surface area contributed by atoms with Gasteiger partial charge in [0.2, 0.25) is 0 Å². The van der Waals surface area contributed by atoms with Crippen LogP contribution in [0.1, 0.15) is 12.5 Å². The van der Waals surface area contributed by atoms with E-state index in [-0.39, 0.29) is 5.97 Å². The summed E-state index contributed by atoms with van der Waals surface area (Å²) in [5.74, 6) is -0.364.